The van der Waals surface area contributed by atoms with Gasteiger partial charge in [-0.1, -0.05) is 13.3 Å². The summed E-state index contributed by atoms with van der Waals surface area (Å²) in [6.07, 6.45) is 4.33. The van der Waals surface area contributed by atoms with Gasteiger partial charge in [0.1, 0.15) is 0 Å². The molecule has 1 rings (SSSR count). The maximum absolute atomic E-state index is 8.40. The Kier molecular flexibility index (Phi) is 4.92. The van der Waals surface area contributed by atoms with Crippen molar-refractivity contribution in [3.8, 4) is 6.07 Å². The van der Waals surface area contributed by atoms with Crippen LogP contribution in [0.4, 0.5) is 0 Å². The lowest BCUT2D eigenvalue weighted by molar-refractivity contribution is -0.0521. The smallest absolute Gasteiger partial charge is 0.0860 e. The molecule has 1 aliphatic carbocycles. The summed E-state index contributed by atoms with van der Waals surface area (Å²) in [5.41, 5.74) is 0. The van der Waals surface area contributed by atoms with E-state index in [4.69, 9.17) is 14.7 Å². The molecule has 0 bridgehead atoms. The van der Waals surface area contributed by atoms with Crippen molar-refractivity contribution in [2.24, 2.45) is 5.92 Å². The summed E-state index contributed by atoms with van der Waals surface area (Å²) in [5, 5.41) is 8.40. The second kappa shape index (κ2) is 6.00. The van der Waals surface area contributed by atoms with Crippen molar-refractivity contribution >= 4 is 0 Å². The average molecular weight is 197 g/mol. The van der Waals surface area contributed by atoms with E-state index in [0.717, 1.165) is 12.8 Å². The third kappa shape index (κ3) is 2.70. The summed E-state index contributed by atoms with van der Waals surface area (Å²) in [4.78, 5) is 0. The number of nitriles is 1. The van der Waals surface area contributed by atoms with Crippen LogP contribution >= 0.6 is 0 Å². The fraction of sp³-hybridized carbons (Fsp3) is 0.909. The Hall–Kier alpha value is -0.590. The first-order valence-corrected chi connectivity index (χ1v) is 5.34. The summed E-state index contributed by atoms with van der Waals surface area (Å²) >= 11 is 0. The van der Waals surface area contributed by atoms with Gasteiger partial charge in [0.15, 0.2) is 0 Å². The molecule has 0 heterocycles. The van der Waals surface area contributed by atoms with Crippen molar-refractivity contribution < 1.29 is 9.47 Å². The number of ether oxygens (including phenoxy) is 2. The molecule has 1 aliphatic rings. The zero-order chi connectivity index (χ0) is 10.4. The molecule has 0 aromatic heterocycles. The van der Waals surface area contributed by atoms with Crippen LogP contribution in [-0.4, -0.2) is 25.9 Å². The van der Waals surface area contributed by atoms with Gasteiger partial charge in [0.25, 0.3) is 0 Å². The molecule has 80 valence electrons. The fourth-order valence-corrected chi connectivity index (χ4v) is 2.23. The molecule has 3 unspecified atom stereocenters. The highest BCUT2D eigenvalue weighted by molar-refractivity contribution is 4.86. The third-order valence-electron chi connectivity index (χ3n) is 3.00. The molecule has 0 aliphatic heterocycles. The highest BCUT2D eigenvalue weighted by Crippen LogP contribution is 2.32. The number of hydrogen-bond acceptors (Lipinski definition) is 3. The van der Waals surface area contributed by atoms with Crippen molar-refractivity contribution in [3.63, 3.8) is 0 Å². The van der Waals surface area contributed by atoms with Crippen molar-refractivity contribution in [2.45, 2.75) is 44.8 Å². The quantitative estimate of drug-likeness (QED) is 0.634. The zero-order valence-electron chi connectivity index (χ0n) is 9.03. The molecular formula is C11H19NO2. The molecule has 0 saturated heterocycles. The van der Waals surface area contributed by atoms with Crippen LogP contribution in [0.25, 0.3) is 0 Å². The molecule has 0 amide bonds. The Morgan fingerprint density at radius 3 is 2.79 bits per heavy atom. The van der Waals surface area contributed by atoms with Gasteiger partial charge in [-0.25, -0.2) is 0 Å². The molecular weight excluding hydrogens is 178 g/mol. The van der Waals surface area contributed by atoms with E-state index in [-0.39, 0.29) is 12.2 Å². The first-order chi connectivity index (χ1) is 6.83. The number of methoxy groups -OCH3 is 1. The van der Waals surface area contributed by atoms with Gasteiger partial charge < -0.3 is 9.47 Å². The van der Waals surface area contributed by atoms with Crippen LogP contribution in [-0.2, 0) is 9.47 Å². The molecule has 0 aromatic carbocycles. The second-order valence-electron chi connectivity index (χ2n) is 3.76. The SMILES string of the molecule is CCC1CCC(OCCC#N)C1OC. The predicted molar refractivity (Wildman–Crippen MR) is 53.8 cm³/mol. The molecule has 0 N–H and O–H groups in total. The van der Waals surface area contributed by atoms with Gasteiger partial charge in [-0.05, 0) is 18.8 Å². The van der Waals surface area contributed by atoms with Gasteiger partial charge >= 0.3 is 0 Å². The maximum Gasteiger partial charge on any atom is 0.0860 e. The van der Waals surface area contributed by atoms with Crippen LogP contribution in [0.15, 0.2) is 0 Å². The minimum Gasteiger partial charge on any atom is -0.378 e. The van der Waals surface area contributed by atoms with Crippen molar-refractivity contribution in [3.05, 3.63) is 0 Å². The molecule has 14 heavy (non-hydrogen) atoms. The number of nitrogens with zero attached hydrogens (tertiary/aromatic N) is 1. The maximum atomic E-state index is 8.40. The van der Waals surface area contributed by atoms with Gasteiger partial charge in [-0.3, -0.25) is 0 Å². The van der Waals surface area contributed by atoms with Gasteiger partial charge in [0, 0.05) is 7.11 Å². The number of rotatable bonds is 5. The Bertz CT molecular complexity index is 200. The Morgan fingerprint density at radius 1 is 1.43 bits per heavy atom. The topological polar surface area (TPSA) is 42.2 Å². The van der Waals surface area contributed by atoms with Gasteiger partial charge in [-0.2, -0.15) is 5.26 Å². The van der Waals surface area contributed by atoms with E-state index < -0.39 is 0 Å². The molecule has 3 heteroatoms. The first-order valence-electron chi connectivity index (χ1n) is 5.34. The molecule has 0 spiro atoms. The first kappa shape index (κ1) is 11.5. The van der Waals surface area contributed by atoms with Crippen molar-refractivity contribution in [1.29, 1.82) is 5.26 Å². The Balaban J connectivity index is 2.34. The summed E-state index contributed by atoms with van der Waals surface area (Å²) in [6, 6.07) is 2.08. The largest absolute Gasteiger partial charge is 0.378 e. The van der Waals surface area contributed by atoms with E-state index in [9.17, 15) is 0 Å². The molecule has 1 fully saturated rings. The minimum atomic E-state index is 0.207. The van der Waals surface area contributed by atoms with E-state index in [2.05, 4.69) is 13.0 Å². The Labute approximate surface area is 86.0 Å². The normalized spacial score (nSPS) is 31.6. The molecule has 1 saturated carbocycles. The standard InChI is InChI=1S/C11H19NO2/c1-3-9-5-6-10(11(9)13-2)14-8-4-7-12/h9-11H,3-6,8H2,1-2H3. The summed E-state index contributed by atoms with van der Waals surface area (Å²) < 4.78 is 11.1. The lowest BCUT2D eigenvalue weighted by Crippen LogP contribution is -2.30. The summed E-state index contributed by atoms with van der Waals surface area (Å²) in [7, 11) is 1.75. The highest BCUT2D eigenvalue weighted by Gasteiger charge is 2.35. The lowest BCUT2D eigenvalue weighted by Gasteiger charge is -2.22. The van der Waals surface area contributed by atoms with E-state index in [1.165, 1.54) is 6.42 Å². The second-order valence-corrected chi connectivity index (χ2v) is 3.76. The average Bonchev–Trinajstić information content (AvgIpc) is 2.60. The van der Waals surface area contributed by atoms with Crippen LogP contribution in [0.3, 0.4) is 0 Å². The van der Waals surface area contributed by atoms with E-state index >= 15 is 0 Å². The van der Waals surface area contributed by atoms with Crippen molar-refractivity contribution in [1.82, 2.24) is 0 Å². The van der Waals surface area contributed by atoms with E-state index in [1.54, 1.807) is 7.11 Å². The highest BCUT2D eigenvalue weighted by atomic mass is 16.5. The summed E-state index contributed by atoms with van der Waals surface area (Å²) in [5.74, 6) is 0.632. The van der Waals surface area contributed by atoms with Crippen LogP contribution < -0.4 is 0 Å². The van der Waals surface area contributed by atoms with Gasteiger partial charge in [0.05, 0.1) is 31.3 Å². The minimum absolute atomic E-state index is 0.207. The fourth-order valence-electron chi connectivity index (χ4n) is 2.23. The summed E-state index contributed by atoms with van der Waals surface area (Å²) in [6.45, 7) is 2.73. The lowest BCUT2D eigenvalue weighted by atomic mass is 10.0. The van der Waals surface area contributed by atoms with Crippen molar-refractivity contribution in [2.75, 3.05) is 13.7 Å². The van der Waals surface area contributed by atoms with Crippen LogP contribution in [0.5, 0.6) is 0 Å². The number of hydrogen-bond donors (Lipinski definition) is 0. The molecule has 3 atom stereocenters. The van der Waals surface area contributed by atoms with Gasteiger partial charge in [0.2, 0.25) is 0 Å². The van der Waals surface area contributed by atoms with Crippen LogP contribution in [0.2, 0.25) is 0 Å². The van der Waals surface area contributed by atoms with Gasteiger partial charge in [-0.15, -0.1) is 0 Å². The molecule has 0 aromatic rings. The monoisotopic (exact) mass is 197 g/mol. The van der Waals surface area contributed by atoms with E-state index in [1.807, 2.05) is 0 Å². The predicted octanol–water partition coefficient (Wildman–Crippen LogP) is 2.12. The Morgan fingerprint density at radius 2 is 2.21 bits per heavy atom. The third-order valence-corrected chi connectivity index (χ3v) is 3.00. The zero-order valence-corrected chi connectivity index (χ0v) is 9.03. The molecule has 3 nitrogen and oxygen atoms in total. The van der Waals surface area contributed by atoms with Crippen LogP contribution in [0.1, 0.15) is 32.6 Å². The molecule has 0 radical (unpaired) electrons. The van der Waals surface area contributed by atoms with Crippen LogP contribution in [0, 0.1) is 17.2 Å². The van der Waals surface area contributed by atoms with E-state index in [0.29, 0.717) is 18.9 Å².